The minimum atomic E-state index is 0.0818. The van der Waals surface area contributed by atoms with Crippen LogP contribution < -0.4 is 5.73 Å². The van der Waals surface area contributed by atoms with Crippen LogP contribution in [0.3, 0.4) is 0 Å². The van der Waals surface area contributed by atoms with Gasteiger partial charge in [0, 0.05) is 18.2 Å². The van der Waals surface area contributed by atoms with E-state index in [9.17, 15) is 0 Å². The number of aromatic nitrogens is 3. The number of rotatable bonds is 2. The van der Waals surface area contributed by atoms with Crippen molar-refractivity contribution in [2.45, 2.75) is 25.2 Å². The van der Waals surface area contributed by atoms with Gasteiger partial charge in [0.15, 0.2) is 11.5 Å². The van der Waals surface area contributed by atoms with Crippen molar-refractivity contribution < 1.29 is 0 Å². The molecule has 0 unspecified atom stereocenters. The maximum absolute atomic E-state index is 5.77. The normalized spacial score (nSPS) is 18.3. The fourth-order valence-electron chi connectivity index (χ4n) is 1.93. The molecule has 0 aromatic carbocycles. The van der Waals surface area contributed by atoms with E-state index in [1.807, 2.05) is 16.8 Å². The third-order valence-corrected chi connectivity index (χ3v) is 3.28. The lowest BCUT2D eigenvalue weighted by atomic mass is 10.1. The molecule has 2 N–H and O–H groups in total. The van der Waals surface area contributed by atoms with Gasteiger partial charge in [0.05, 0.1) is 0 Å². The number of nitrogens with two attached hydrogens (primary N) is 1. The van der Waals surface area contributed by atoms with Crippen LogP contribution in [0.2, 0.25) is 0 Å². The molecule has 2 heterocycles. The van der Waals surface area contributed by atoms with E-state index in [2.05, 4.69) is 23.1 Å². The van der Waals surface area contributed by atoms with Gasteiger partial charge in [0.2, 0.25) is 0 Å². The number of pyridine rings is 1. The molecule has 1 aliphatic carbocycles. The smallest absolute Gasteiger partial charge is 0.159 e. The van der Waals surface area contributed by atoms with Crippen LogP contribution in [0.25, 0.3) is 5.65 Å². The van der Waals surface area contributed by atoms with Gasteiger partial charge < -0.3 is 5.73 Å². The molecule has 0 amide bonds. The summed E-state index contributed by atoms with van der Waals surface area (Å²) in [6.45, 7) is 2.71. The molecule has 4 heteroatoms. The van der Waals surface area contributed by atoms with E-state index >= 15 is 0 Å². The summed E-state index contributed by atoms with van der Waals surface area (Å²) in [5, 5.41) is 4.50. The summed E-state index contributed by atoms with van der Waals surface area (Å²) in [6.07, 6.45) is 4.18. The van der Waals surface area contributed by atoms with Gasteiger partial charge in [-0.3, -0.25) is 0 Å². The topological polar surface area (TPSA) is 56.2 Å². The molecule has 2 aromatic heterocycles. The quantitative estimate of drug-likeness (QED) is 0.791. The van der Waals surface area contributed by atoms with Gasteiger partial charge in [0.25, 0.3) is 0 Å². The summed E-state index contributed by atoms with van der Waals surface area (Å²) in [5.74, 6) is 0.916. The standard InChI is InChI=1S/C11H14N4/c1-8-3-2-6-15-9(8)13-10(14-15)11(7-12)4-5-11/h2-3,6H,4-5,7,12H2,1H3. The number of fused-ring (bicyclic) bond motifs is 1. The van der Waals surface area contributed by atoms with Crippen LogP contribution in [0, 0.1) is 6.92 Å². The van der Waals surface area contributed by atoms with E-state index in [4.69, 9.17) is 5.73 Å². The van der Waals surface area contributed by atoms with Gasteiger partial charge in [-0.2, -0.15) is 5.10 Å². The molecular weight excluding hydrogens is 188 g/mol. The van der Waals surface area contributed by atoms with Gasteiger partial charge in [-0.1, -0.05) is 6.07 Å². The van der Waals surface area contributed by atoms with Crippen LogP contribution in [-0.2, 0) is 5.41 Å². The zero-order valence-electron chi connectivity index (χ0n) is 8.77. The highest BCUT2D eigenvalue weighted by molar-refractivity contribution is 5.46. The Morgan fingerprint density at radius 3 is 2.93 bits per heavy atom. The Kier molecular flexibility index (Phi) is 1.65. The lowest BCUT2D eigenvalue weighted by Crippen LogP contribution is -2.21. The number of aryl methyl sites for hydroxylation is 1. The van der Waals surface area contributed by atoms with Crippen LogP contribution in [-0.4, -0.2) is 21.1 Å². The van der Waals surface area contributed by atoms with Crippen LogP contribution in [0.1, 0.15) is 24.2 Å². The van der Waals surface area contributed by atoms with E-state index in [0.29, 0.717) is 6.54 Å². The third kappa shape index (κ3) is 1.18. The van der Waals surface area contributed by atoms with Gasteiger partial charge in [-0.15, -0.1) is 0 Å². The second-order valence-corrected chi connectivity index (χ2v) is 4.38. The minimum absolute atomic E-state index is 0.0818. The molecule has 1 fully saturated rings. The summed E-state index contributed by atoms with van der Waals surface area (Å²) >= 11 is 0. The lowest BCUT2D eigenvalue weighted by molar-refractivity contribution is 0.647. The Bertz CT molecular complexity index is 510. The molecule has 1 saturated carbocycles. The molecule has 1 aliphatic rings. The Morgan fingerprint density at radius 1 is 1.53 bits per heavy atom. The third-order valence-electron chi connectivity index (χ3n) is 3.28. The van der Waals surface area contributed by atoms with Crippen molar-refractivity contribution in [3.05, 3.63) is 29.7 Å². The molecule has 4 nitrogen and oxygen atoms in total. The lowest BCUT2D eigenvalue weighted by Gasteiger charge is -2.04. The van der Waals surface area contributed by atoms with Crippen molar-refractivity contribution in [2.24, 2.45) is 5.73 Å². The maximum Gasteiger partial charge on any atom is 0.159 e. The molecule has 0 aliphatic heterocycles. The Morgan fingerprint density at radius 2 is 2.33 bits per heavy atom. The predicted molar refractivity (Wildman–Crippen MR) is 57.7 cm³/mol. The van der Waals surface area contributed by atoms with Gasteiger partial charge in [-0.25, -0.2) is 9.50 Å². The highest BCUT2D eigenvalue weighted by atomic mass is 15.3. The predicted octanol–water partition coefficient (Wildman–Crippen LogP) is 1.03. The van der Waals surface area contributed by atoms with Crippen LogP contribution in [0.5, 0.6) is 0 Å². The molecule has 0 bridgehead atoms. The molecular formula is C11H14N4. The zero-order valence-corrected chi connectivity index (χ0v) is 8.77. The van der Waals surface area contributed by atoms with E-state index < -0.39 is 0 Å². The molecule has 3 rings (SSSR count). The molecule has 2 aromatic rings. The highest BCUT2D eigenvalue weighted by Crippen LogP contribution is 2.45. The van der Waals surface area contributed by atoms with Gasteiger partial charge >= 0.3 is 0 Å². The number of hydrogen-bond acceptors (Lipinski definition) is 3. The summed E-state index contributed by atoms with van der Waals surface area (Å²) in [6, 6.07) is 4.04. The van der Waals surface area contributed by atoms with Crippen molar-refractivity contribution in [2.75, 3.05) is 6.54 Å². The molecule has 0 spiro atoms. The largest absolute Gasteiger partial charge is 0.329 e. The van der Waals surface area contributed by atoms with Crippen molar-refractivity contribution in [1.82, 2.24) is 14.6 Å². The summed E-state index contributed by atoms with van der Waals surface area (Å²) in [5.41, 5.74) is 7.96. The molecule has 15 heavy (non-hydrogen) atoms. The maximum atomic E-state index is 5.77. The van der Waals surface area contributed by atoms with E-state index in [0.717, 1.165) is 29.9 Å². The molecule has 0 saturated heterocycles. The Labute approximate surface area is 88.1 Å². The van der Waals surface area contributed by atoms with Gasteiger partial charge in [0.1, 0.15) is 0 Å². The first-order valence-electron chi connectivity index (χ1n) is 5.28. The fraction of sp³-hybridized carbons (Fsp3) is 0.455. The fourth-order valence-corrected chi connectivity index (χ4v) is 1.93. The SMILES string of the molecule is Cc1cccn2nc(C3(CN)CC3)nc12. The second-order valence-electron chi connectivity index (χ2n) is 4.38. The molecule has 0 atom stereocenters. The Hall–Kier alpha value is -1.42. The monoisotopic (exact) mass is 202 g/mol. The van der Waals surface area contributed by atoms with E-state index in [1.165, 1.54) is 0 Å². The van der Waals surface area contributed by atoms with Gasteiger partial charge in [-0.05, 0) is 31.4 Å². The first-order valence-corrected chi connectivity index (χ1v) is 5.28. The van der Waals surface area contributed by atoms with Crippen molar-refractivity contribution in [3.8, 4) is 0 Å². The van der Waals surface area contributed by atoms with Crippen LogP contribution in [0.4, 0.5) is 0 Å². The molecule has 78 valence electrons. The summed E-state index contributed by atoms with van der Waals surface area (Å²) in [7, 11) is 0. The zero-order chi connectivity index (χ0) is 10.5. The first-order chi connectivity index (χ1) is 7.25. The van der Waals surface area contributed by atoms with Crippen LogP contribution in [0.15, 0.2) is 18.3 Å². The summed E-state index contributed by atoms with van der Waals surface area (Å²) < 4.78 is 1.85. The average Bonchev–Trinajstić information content (AvgIpc) is 2.92. The Balaban J connectivity index is 2.19. The van der Waals surface area contributed by atoms with Crippen molar-refractivity contribution in [3.63, 3.8) is 0 Å². The number of nitrogens with zero attached hydrogens (tertiary/aromatic N) is 3. The average molecular weight is 202 g/mol. The number of hydrogen-bond donors (Lipinski definition) is 1. The van der Waals surface area contributed by atoms with Crippen molar-refractivity contribution >= 4 is 5.65 Å². The van der Waals surface area contributed by atoms with E-state index in [1.54, 1.807) is 0 Å². The summed E-state index contributed by atoms with van der Waals surface area (Å²) in [4.78, 5) is 4.59. The first kappa shape index (κ1) is 8.85. The van der Waals surface area contributed by atoms with E-state index in [-0.39, 0.29) is 5.41 Å². The van der Waals surface area contributed by atoms with Crippen molar-refractivity contribution in [1.29, 1.82) is 0 Å². The minimum Gasteiger partial charge on any atom is -0.329 e. The van der Waals surface area contributed by atoms with Crippen LogP contribution >= 0.6 is 0 Å². The molecule has 0 radical (unpaired) electrons. The highest BCUT2D eigenvalue weighted by Gasteiger charge is 2.46. The second kappa shape index (κ2) is 2.79.